The lowest BCUT2D eigenvalue weighted by Gasteiger charge is -1.95. The molecule has 10 heavy (non-hydrogen) atoms. The van der Waals surface area contributed by atoms with E-state index in [1.165, 1.54) is 18.4 Å². The molecular formula is C9H12N. The van der Waals surface area contributed by atoms with Crippen LogP contribution < -0.4 is 0 Å². The lowest BCUT2D eigenvalue weighted by atomic mass is 10.1. The van der Waals surface area contributed by atoms with Crippen molar-refractivity contribution < 1.29 is 0 Å². The van der Waals surface area contributed by atoms with E-state index < -0.39 is 0 Å². The number of aryl methyl sites for hydroxylation is 1. The molecule has 1 radical (unpaired) electrons. The molecule has 0 aliphatic carbocycles. The van der Waals surface area contributed by atoms with Gasteiger partial charge in [0.2, 0.25) is 0 Å². The van der Waals surface area contributed by atoms with Gasteiger partial charge in [0.05, 0.1) is 0 Å². The fraction of sp³-hybridized carbons (Fsp3) is 0.444. The monoisotopic (exact) mass is 134 g/mol. The zero-order valence-electron chi connectivity index (χ0n) is 6.30. The Hall–Kier alpha value is -0.850. The third kappa shape index (κ3) is 2.18. The number of rotatable bonds is 3. The molecule has 0 saturated carbocycles. The van der Waals surface area contributed by atoms with Gasteiger partial charge in [-0.15, -0.1) is 0 Å². The second-order valence-electron chi connectivity index (χ2n) is 2.40. The average molecular weight is 134 g/mol. The SMILES string of the molecule is CCCCc1c[c]cnc1. The third-order valence-corrected chi connectivity index (χ3v) is 1.48. The fourth-order valence-electron chi connectivity index (χ4n) is 0.875. The number of aromatic nitrogens is 1. The van der Waals surface area contributed by atoms with Gasteiger partial charge in [-0.25, -0.2) is 0 Å². The van der Waals surface area contributed by atoms with Gasteiger partial charge >= 0.3 is 0 Å². The number of pyridine rings is 1. The maximum Gasteiger partial charge on any atom is 0.0347 e. The van der Waals surface area contributed by atoms with Gasteiger partial charge in [0.15, 0.2) is 0 Å². The van der Waals surface area contributed by atoms with E-state index >= 15 is 0 Å². The largest absolute Gasteiger partial charge is 0.264 e. The summed E-state index contributed by atoms with van der Waals surface area (Å²) in [6, 6.07) is 4.96. The summed E-state index contributed by atoms with van der Waals surface area (Å²) in [5.74, 6) is 0. The minimum Gasteiger partial charge on any atom is -0.264 e. The predicted octanol–water partition coefficient (Wildman–Crippen LogP) is 2.22. The summed E-state index contributed by atoms with van der Waals surface area (Å²) in [5.41, 5.74) is 1.30. The van der Waals surface area contributed by atoms with Crippen molar-refractivity contribution >= 4 is 0 Å². The van der Waals surface area contributed by atoms with E-state index in [1.807, 2.05) is 12.3 Å². The van der Waals surface area contributed by atoms with Crippen LogP contribution >= 0.6 is 0 Å². The Morgan fingerprint density at radius 2 is 2.50 bits per heavy atom. The van der Waals surface area contributed by atoms with Crippen LogP contribution in [0.3, 0.4) is 0 Å². The first-order valence-electron chi connectivity index (χ1n) is 3.73. The van der Waals surface area contributed by atoms with Gasteiger partial charge in [0.1, 0.15) is 0 Å². The molecule has 0 fully saturated rings. The molecule has 0 unspecified atom stereocenters. The first-order valence-corrected chi connectivity index (χ1v) is 3.73. The van der Waals surface area contributed by atoms with Crippen molar-refractivity contribution in [2.75, 3.05) is 0 Å². The number of unbranched alkanes of at least 4 members (excludes halogenated alkanes) is 1. The van der Waals surface area contributed by atoms with Crippen molar-refractivity contribution in [3.63, 3.8) is 0 Å². The minimum atomic E-state index is 1.14. The van der Waals surface area contributed by atoms with Crippen molar-refractivity contribution in [1.29, 1.82) is 0 Å². The van der Waals surface area contributed by atoms with Crippen LogP contribution in [-0.2, 0) is 6.42 Å². The summed E-state index contributed by atoms with van der Waals surface area (Å²) < 4.78 is 0. The third-order valence-electron chi connectivity index (χ3n) is 1.48. The van der Waals surface area contributed by atoms with E-state index in [9.17, 15) is 0 Å². The number of nitrogens with zero attached hydrogens (tertiary/aromatic N) is 1. The van der Waals surface area contributed by atoms with Crippen molar-refractivity contribution in [3.8, 4) is 0 Å². The molecule has 1 aromatic heterocycles. The molecule has 0 spiro atoms. The highest BCUT2D eigenvalue weighted by molar-refractivity contribution is 5.06. The minimum absolute atomic E-state index is 1.14. The highest BCUT2D eigenvalue weighted by atomic mass is 14.6. The smallest absolute Gasteiger partial charge is 0.0347 e. The van der Waals surface area contributed by atoms with Crippen LogP contribution in [0.1, 0.15) is 25.3 Å². The van der Waals surface area contributed by atoms with Crippen LogP contribution in [0.4, 0.5) is 0 Å². The summed E-state index contributed by atoms with van der Waals surface area (Å²) >= 11 is 0. The predicted molar refractivity (Wildman–Crippen MR) is 41.7 cm³/mol. The summed E-state index contributed by atoms with van der Waals surface area (Å²) in [7, 11) is 0. The molecule has 1 nitrogen and oxygen atoms in total. The van der Waals surface area contributed by atoms with Crippen molar-refractivity contribution in [2.45, 2.75) is 26.2 Å². The number of hydrogen-bond acceptors (Lipinski definition) is 1. The van der Waals surface area contributed by atoms with Gasteiger partial charge in [0, 0.05) is 18.5 Å². The highest BCUT2D eigenvalue weighted by Crippen LogP contribution is 2.00. The van der Waals surface area contributed by atoms with Gasteiger partial charge < -0.3 is 0 Å². The van der Waals surface area contributed by atoms with Crippen LogP contribution in [0.2, 0.25) is 0 Å². The molecule has 0 bridgehead atoms. The molecule has 0 aliphatic rings. The molecular weight excluding hydrogens is 122 g/mol. The number of hydrogen-bond donors (Lipinski definition) is 0. The molecule has 0 saturated heterocycles. The summed E-state index contributed by atoms with van der Waals surface area (Å²) in [6.45, 7) is 2.19. The molecule has 0 N–H and O–H groups in total. The second kappa shape index (κ2) is 4.04. The van der Waals surface area contributed by atoms with E-state index in [2.05, 4.69) is 18.0 Å². The first kappa shape index (κ1) is 7.26. The molecule has 0 aliphatic heterocycles. The van der Waals surface area contributed by atoms with Gasteiger partial charge in [-0.3, -0.25) is 4.98 Å². The molecule has 1 heteroatoms. The lowest BCUT2D eigenvalue weighted by molar-refractivity contribution is 0.792. The quantitative estimate of drug-likeness (QED) is 0.617. The maximum absolute atomic E-state index is 3.98. The Kier molecular flexibility index (Phi) is 2.94. The Bertz CT molecular complexity index is 169. The molecule has 0 aromatic carbocycles. The summed E-state index contributed by atoms with van der Waals surface area (Å²) in [4.78, 5) is 3.98. The van der Waals surface area contributed by atoms with Crippen LogP contribution in [0, 0.1) is 6.07 Å². The molecule has 0 atom stereocenters. The average Bonchev–Trinajstić information content (AvgIpc) is 2.03. The first-order chi connectivity index (χ1) is 4.93. The Labute approximate surface area is 62.1 Å². The van der Waals surface area contributed by atoms with Crippen LogP contribution in [0.5, 0.6) is 0 Å². The Balaban J connectivity index is 2.43. The van der Waals surface area contributed by atoms with Gasteiger partial charge in [-0.2, -0.15) is 0 Å². The van der Waals surface area contributed by atoms with Gasteiger partial charge in [-0.05, 0) is 24.5 Å². The lowest BCUT2D eigenvalue weighted by Crippen LogP contribution is -1.84. The van der Waals surface area contributed by atoms with Crippen LogP contribution in [-0.4, -0.2) is 4.98 Å². The fourth-order valence-corrected chi connectivity index (χ4v) is 0.875. The highest BCUT2D eigenvalue weighted by Gasteiger charge is 1.88. The molecule has 1 rings (SSSR count). The molecule has 0 amide bonds. The van der Waals surface area contributed by atoms with E-state index in [4.69, 9.17) is 0 Å². The Morgan fingerprint density at radius 3 is 3.10 bits per heavy atom. The normalized spacial score (nSPS) is 9.70. The van der Waals surface area contributed by atoms with Crippen molar-refractivity contribution in [3.05, 3.63) is 30.1 Å². The van der Waals surface area contributed by atoms with E-state index in [1.54, 1.807) is 6.20 Å². The second-order valence-corrected chi connectivity index (χ2v) is 2.40. The summed E-state index contributed by atoms with van der Waals surface area (Å²) in [6.07, 6.45) is 7.23. The standard InChI is InChI=1S/C9H12N/c1-2-3-5-9-6-4-7-10-8-9/h6-8H,2-3,5H2,1H3. The van der Waals surface area contributed by atoms with Gasteiger partial charge in [0.25, 0.3) is 0 Å². The van der Waals surface area contributed by atoms with E-state index in [0.717, 1.165) is 6.42 Å². The maximum atomic E-state index is 3.98. The van der Waals surface area contributed by atoms with Crippen LogP contribution in [0.15, 0.2) is 18.5 Å². The molecule has 53 valence electrons. The zero-order valence-corrected chi connectivity index (χ0v) is 6.30. The topological polar surface area (TPSA) is 12.9 Å². The van der Waals surface area contributed by atoms with E-state index in [0.29, 0.717) is 0 Å². The van der Waals surface area contributed by atoms with Crippen molar-refractivity contribution in [1.82, 2.24) is 4.98 Å². The van der Waals surface area contributed by atoms with Crippen molar-refractivity contribution in [2.24, 2.45) is 0 Å². The molecule has 1 heterocycles. The summed E-state index contributed by atoms with van der Waals surface area (Å²) in [5, 5.41) is 0. The van der Waals surface area contributed by atoms with Crippen LogP contribution in [0.25, 0.3) is 0 Å². The zero-order chi connectivity index (χ0) is 7.23. The van der Waals surface area contributed by atoms with E-state index in [-0.39, 0.29) is 0 Å². The van der Waals surface area contributed by atoms with Gasteiger partial charge in [-0.1, -0.05) is 13.3 Å². The molecule has 1 aromatic rings. The Morgan fingerprint density at radius 1 is 1.60 bits per heavy atom.